The van der Waals surface area contributed by atoms with Crippen LogP contribution in [-0.2, 0) is 0 Å². The Morgan fingerprint density at radius 2 is 1.84 bits per heavy atom. The van der Waals surface area contributed by atoms with E-state index in [4.69, 9.17) is 11.6 Å². The van der Waals surface area contributed by atoms with E-state index in [1.165, 1.54) is 12.1 Å². The molecule has 2 heterocycles. The number of aromatic nitrogens is 3. The molecule has 5 heteroatoms. The summed E-state index contributed by atoms with van der Waals surface area (Å²) in [5, 5.41) is 5.07. The minimum Gasteiger partial charge on any atom is -0.232 e. The molecular formula is C14H11ClFN3. The van der Waals surface area contributed by atoms with Gasteiger partial charge in [-0.05, 0) is 38.1 Å². The van der Waals surface area contributed by atoms with Gasteiger partial charge in [0.2, 0.25) is 0 Å². The summed E-state index contributed by atoms with van der Waals surface area (Å²) in [5.41, 5.74) is 3.95. The minimum atomic E-state index is -0.263. The van der Waals surface area contributed by atoms with Gasteiger partial charge >= 0.3 is 0 Å². The number of aryl methyl sites for hydroxylation is 2. The second kappa shape index (κ2) is 4.31. The van der Waals surface area contributed by atoms with Crippen LogP contribution < -0.4 is 0 Å². The van der Waals surface area contributed by atoms with E-state index < -0.39 is 0 Å². The molecule has 0 unspecified atom stereocenters. The molecule has 3 nitrogen and oxygen atoms in total. The topological polar surface area (TPSA) is 30.2 Å². The van der Waals surface area contributed by atoms with E-state index in [1.54, 1.807) is 16.6 Å². The van der Waals surface area contributed by atoms with Gasteiger partial charge in [-0.15, -0.1) is 0 Å². The van der Waals surface area contributed by atoms with Crippen molar-refractivity contribution in [3.05, 3.63) is 52.6 Å². The van der Waals surface area contributed by atoms with Crippen LogP contribution in [-0.4, -0.2) is 14.6 Å². The van der Waals surface area contributed by atoms with E-state index in [1.807, 2.05) is 19.9 Å². The first kappa shape index (κ1) is 12.1. The second-order valence-electron chi connectivity index (χ2n) is 4.40. The predicted molar refractivity (Wildman–Crippen MR) is 72.9 cm³/mol. The van der Waals surface area contributed by atoms with Crippen molar-refractivity contribution in [1.82, 2.24) is 14.6 Å². The molecule has 2 aromatic heterocycles. The summed E-state index contributed by atoms with van der Waals surface area (Å²) in [6, 6.07) is 8.08. The van der Waals surface area contributed by atoms with Gasteiger partial charge in [0.15, 0.2) is 5.65 Å². The van der Waals surface area contributed by atoms with E-state index in [9.17, 15) is 4.39 Å². The van der Waals surface area contributed by atoms with E-state index in [0.29, 0.717) is 5.02 Å². The standard InChI is InChI=1S/C14H11ClFN3/c1-8-14(15)9(2)19-13(17-8)7-12(18-19)10-3-5-11(16)6-4-10/h3-7H,1-2H3. The summed E-state index contributed by atoms with van der Waals surface area (Å²) in [4.78, 5) is 4.39. The van der Waals surface area contributed by atoms with Crippen LogP contribution in [0.2, 0.25) is 5.02 Å². The molecule has 1 aromatic carbocycles. The van der Waals surface area contributed by atoms with Gasteiger partial charge in [0, 0.05) is 11.6 Å². The highest BCUT2D eigenvalue weighted by Gasteiger charge is 2.11. The zero-order valence-electron chi connectivity index (χ0n) is 10.5. The number of benzene rings is 1. The quantitative estimate of drug-likeness (QED) is 0.676. The van der Waals surface area contributed by atoms with Crippen LogP contribution >= 0.6 is 11.6 Å². The Bertz CT molecular complexity index is 762. The summed E-state index contributed by atoms with van der Waals surface area (Å²) in [5.74, 6) is -0.263. The number of hydrogen-bond acceptors (Lipinski definition) is 2. The molecule has 0 radical (unpaired) electrons. The molecule has 3 rings (SSSR count). The number of nitrogens with zero attached hydrogens (tertiary/aromatic N) is 3. The van der Waals surface area contributed by atoms with E-state index >= 15 is 0 Å². The molecule has 0 fully saturated rings. The highest BCUT2D eigenvalue weighted by atomic mass is 35.5. The molecule has 0 aliphatic rings. The number of halogens is 2. The normalized spacial score (nSPS) is 11.2. The summed E-state index contributed by atoms with van der Waals surface area (Å²) in [7, 11) is 0. The summed E-state index contributed by atoms with van der Waals surface area (Å²) >= 11 is 6.16. The van der Waals surface area contributed by atoms with Crippen LogP contribution in [0.15, 0.2) is 30.3 Å². The minimum absolute atomic E-state index is 0.263. The molecule has 0 saturated carbocycles. The highest BCUT2D eigenvalue weighted by molar-refractivity contribution is 6.31. The molecule has 0 N–H and O–H groups in total. The Hall–Kier alpha value is -1.94. The Labute approximate surface area is 114 Å². The second-order valence-corrected chi connectivity index (χ2v) is 4.78. The van der Waals surface area contributed by atoms with Crippen LogP contribution in [0, 0.1) is 19.7 Å². The first-order chi connectivity index (χ1) is 9.06. The van der Waals surface area contributed by atoms with Crippen molar-refractivity contribution in [3.8, 4) is 11.3 Å². The third-order valence-electron chi connectivity index (χ3n) is 3.07. The Morgan fingerprint density at radius 1 is 1.16 bits per heavy atom. The van der Waals surface area contributed by atoms with E-state index in [2.05, 4.69) is 10.1 Å². The molecule has 0 amide bonds. The monoisotopic (exact) mass is 275 g/mol. The lowest BCUT2D eigenvalue weighted by Crippen LogP contribution is -1.99. The van der Waals surface area contributed by atoms with Gasteiger partial charge in [-0.2, -0.15) is 5.10 Å². The Balaban J connectivity index is 2.22. The van der Waals surface area contributed by atoms with Crippen LogP contribution in [0.3, 0.4) is 0 Å². The number of fused-ring (bicyclic) bond motifs is 1. The third-order valence-corrected chi connectivity index (χ3v) is 3.61. The summed E-state index contributed by atoms with van der Waals surface area (Å²) < 4.78 is 14.6. The summed E-state index contributed by atoms with van der Waals surface area (Å²) in [6.45, 7) is 3.76. The molecule has 0 spiro atoms. The fraction of sp³-hybridized carbons (Fsp3) is 0.143. The average molecular weight is 276 g/mol. The van der Waals surface area contributed by atoms with Crippen LogP contribution in [0.5, 0.6) is 0 Å². The molecule has 0 atom stereocenters. The zero-order chi connectivity index (χ0) is 13.6. The zero-order valence-corrected chi connectivity index (χ0v) is 11.2. The lowest BCUT2D eigenvalue weighted by molar-refractivity contribution is 0.628. The lowest BCUT2D eigenvalue weighted by atomic mass is 10.1. The Kier molecular flexibility index (Phi) is 2.75. The van der Waals surface area contributed by atoms with E-state index in [0.717, 1.165) is 28.3 Å². The smallest absolute Gasteiger partial charge is 0.156 e. The maximum absolute atomic E-state index is 12.9. The maximum Gasteiger partial charge on any atom is 0.156 e. The molecule has 0 aliphatic carbocycles. The van der Waals surface area contributed by atoms with Crippen molar-refractivity contribution in [2.45, 2.75) is 13.8 Å². The van der Waals surface area contributed by atoms with Crippen LogP contribution in [0.25, 0.3) is 16.9 Å². The first-order valence-corrected chi connectivity index (χ1v) is 6.22. The summed E-state index contributed by atoms with van der Waals surface area (Å²) in [6.07, 6.45) is 0. The van der Waals surface area contributed by atoms with Crippen molar-refractivity contribution in [2.24, 2.45) is 0 Å². The van der Waals surface area contributed by atoms with Crippen molar-refractivity contribution >= 4 is 17.2 Å². The van der Waals surface area contributed by atoms with Gasteiger partial charge in [0.1, 0.15) is 5.82 Å². The molecule has 0 bridgehead atoms. The van der Waals surface area contributed by atoms with Gasteiger partial charge in [-0.25, -0.2) is 13.9 Å². The van der Waals surface area contributed by atoms with Crippen molar-refractivity contribution < 1.29 is 4.39 Å². The molecular weight excluding hydrogens is 265 g/mol. The first-order valence-electron chi connectivity index (χ1n) is 5.84. The highest BCUT2D eigenvalue weighted by Crippen LogP contribution is 2.24. The number of rotatable bonds is 1. The van der Waals surface area contributed by atoms with Gasteiger partial charge < -0.3 is 0 Å². The Morgan fingerprint density at radius 3 is 2.53 bits per heavy atom. The SMILES string of the molecule is Cc1nc2cc(-c3ccc(F)cc3)nn2c(C)c1Cl. The largest absolute Gasteiger partial charge is 0.232 e. The van der Waals surface area contributed by atoms with Crippen molar-refractivity contribution in [1.29, 1.82) is 0 Å². The molecule has 19 heavy (non-hydrogen) atoms. The van der Waals surface area contributed by atoms with Crippen molar-refractivity contribution in [2.75, 3.05) is 0 Å². The average Bonchev–Trinajstić information content (AvgIpc) is 2.81. The third kappa shape index (κ3) is 1.98. The van der Waals surface area contributed by atoms with Gasteiger partial charge in [0.25, 0.3) is 0 Å². The predicted octanol–water partition coefficient (Wildman–Crippen LogP) is 3.81. The number of hydrogen-bond donors (Lipinski definition) is 0. The fourth-order valence-corrected chi connectivity index (χ4v) is 2.16. The van der Waals surface area contributed by atoms with Gasteiger partial charge in [-0.1, -0.05) is 11.6 Å². The molecule has 0 aliphatic heterocycles. The van der Waals surface area contributed by atoms with Gasteiger partial charge in [-0.3, -0.25) is 0 Å². The van der Waals surface area contributed by atoms with Gasteiger partial charge in [0.05, 0.1) is 22.1 Å². The lowest BCUT2D eigenvalue weighted by Gasteiger charge is -2.03. The van der Waals surface area contributed by atoms with Crippen LogP contribution in [0.1, 0.15) is 11.4 Å². The van der Waals surface area contributed by atoms with Crippen molar-refractivity contribution in [3.63, 3.8) is 0 Å². The molecule has 96 valence electrons. The fourth-order valence-electron chi connectivity index (χ4n) is 2.04. The van der Waals surface area contributed by atoms with Crippen LogP contribution in [0.4, 0.5) is 4.39 Å². The molecule has 3 aromatic rings. The maximum atomic E-state index is 12.9. The molecule has 0 saturated heterocycles. The van der Waals surface area contributed by atoms with E-state index in [-0.39, 0.29) is 5.82 Å².